The molecular weight excluding hydrogens is 500 g/mol. The van der Waals surface area contributed by atoms with Gasteiger partial charge < -0.3 is 10.2 Å². The van der Waals surface area contributed by atoms with Crippen LogP contribution in [0.3, 0.4) is 0 Å². The van der Waals surface area contributed by atoms with Crippen molar-refractivity contribution in [3.8, 4) is 11.3 Å². The van der Waals surface area contributed by atoms with Crippen LogP contribution in [0, 0.1) is 25.1 Å². The minimum Gasteiger partial charge on any atom is -0.354 e. The third-order valence-electron chi connectivity index (χ3n) is 6.60. The van der Waals surface area contributed by atoms with E-state index >= 15 is 4.39 Å². The molecule has 0 bridgehead atoms. The maximum atomic E-state index is 15.1. The van der Waals surface area contributed by atoms with Gasteiger partial charge in [0.25, 0.3) is 0 Å². The van der Waals surface area contributed by atoms with Crippen LogP contribution >= 0.6 is 37.2 Å². The van der Waals surface area contributed by atoms with Crippen molar-refractivity contribution in [2.24, 2.45) is 5.41 Å². The number of imidazole rings is 1. The van der Waals surface area contributed by atoms with Crippen LogP contribution in [0.25, 0.3) is 27.8 Å². The Kier molecular flexibility index (Phi) is 7.57. The van der Waals surface area contributed by atoms with Gasteiger partial charge in [0.1, 0.15) is 5.82 Å². The van der Waals surface area contributed by atoms with E-state index in [1.807, 2.05) is 38.2 Å². The zero-order valence-corrected chi connectivity index (χ0v) is 21.4. The van der Waals surface area contributed by atoms with Gasteiger partial charge in [0.2, 0.25) is 0 Å². The number of aromatic nitrogens is 5. The molecule has 0 radical (unpaired) electrons. The number of anilines is 1. The molecule has 1 N–H and O–H groups in total. The zero-order valence-electron chi connectivity index (χ0n) is 18.9. The quantitative estimate of drug-likeness (QED) is 0.413. The molecule has 182 valence electrons. The first-order chi connectivity index (χ1) is 15.0. The van der Waals surface area contributed by atoms with E-state index in [-0.39, 0.29) is 43.0 Å². The number of rotatable bonds is 2. The lowest BCUT2D eigenvalue weighted by atomic mass is 9.74. The first kappa shape index (κ1) is 26.3. The van der Waals surface area contributed by atoms with E-state index < -0.39 is 0 Å². The molecule has 2 saturated heterocycles. The Hall–Kier alpha value is -2.26. The van der Waals surface area contributed by atoms with Gasteiger partial charge in [-0.2, -0.15) is 5.10 Å². The van der Waals surface area contributed by atoms with Gasteiger partial charge in [-0.15, -0.1) is 47.4 Å². The monoisotopic (exact) mass is 525 g/mol. The molecule has 0 amide bonds. The van der Waals surface area contributed by atoms with Gasteiger partial charge in [0, 0.05) is 36.0 Å². The van der Waals surface area contributed by atoms with Gasteiger partial charge in [-0.25, -0.2) is 13.9 Å². The van der Waals surface area contributed by atoms with Crippen LogP contribution in [0.15, 0.2) is 30.5 Å². The maximum absolute atomic E-state index is 15.1. The lowest BCUT2D eigenvalue weighted by Gasteiger charge is -2.52. The summed E-state index contributed by atoms with van der Waals surface area (Å²) in [4.78, 5) is 6.68. The minimum absolute atomic E-state index is 0. The van der Waals surface area contributed by atoms with E-state index in [2.05, 4.69) is 30.5 Å². The molecule has 1 aromatic carbocycles. The van der Waals surface area contributed by atoms with Gasteiger partial charge in [0.15, 0.2) is 11.5 Å². The molecule has 6 rings (SSSR count). The predicted octanol–water partition coefficient (Wildman–Crippen LogP) is 4.55. The Morgan fingerprint density at radius 3 is 2.56 bits per heavy atom. The molecule has 1 spiro atoms. The number of halogens is 4. The van der Waals surface area contributed by atoms with Crippen LogP contribution in [-0.2, 0) is 0 Å². The molecule has 0 unspecified atom stereocenters. The van der Waals surface area contributed by atoms with Crippen molar-refractivity contribution >= 4 is 59.6 Å². The molecule has 5 heterocycles. The van der Waals surface area contributed by atoms with Crippen LogP contribution in [0.1, 0.15) is 24.1 Å². The van der Waals surface area contributed by atoms with Crippen LogP contribution < -0.4 is 10.2 Å². The summed E-state index contributed by atoms with van der Waals surface area (Å²) in [6.07, 6.45) is 4.33. The molecule has 2 aliphatic heterocycles. The standard InChI is InChI=1S/C23H24FN7.3ClH/c1-14-6-19(29-31-10-15(2)26-22(14)31)16-7-18(24)17-9-21(28-27-20(17)8-16)30-12-23(13-30)4-3-5-25-11-23;;;/h6-10,25H,3-5,11-13H2,1-2H3;3*1H. The second kappa shape index (κ2) is 9.77. The van der Waals surface area contributed by atoms with E-state index in [9.17, 15) is 0 Å². The third kappa shape index (κ3) is 4.40. The highest BCUT2D eigenvalue weighted by Crippen LogP contribution is 2.39. The summed E-state index contributed by atoms with van der Waals surface area (Å²) in [5.74, 6) is 0.444. The number of benzene rings is 1. The summed E-state index contributed by atoms with van der Waals surface area (Å²) in [5.41, 5.74) is 4.94. The summed E-state index contributed by atoms with van der Waals surface area (Å²) in [5, 5.41) is 17.4. The average Bonchev–Trinajstić information content (AvgIpc) is 3.13. The van der Waals surface area contributed by atoms with Crippen molar-refractivity contribution in [2.45, 2.75) is 26.7 Å². The summed E-state index contributed by atoms with van der Waals surface area (Å²) in [7, 11) is 0. The molecule has 34 heavy (non-hydrogen) atoms. The molecule has 2 aliphatic rings. The lowest BCUT2D eigenvalue weighted by Crippen LogP contribution is -2.62. The van der Waals surface area contributed by atoms with Crippen LogP contribution in [0.2, 0.25) is 0 Å². The first-order valence-electron chi connectivity index (χ1n) is 10.8. The van der Waals surface area contributed by atoms with Crippen molar-refractivity contribution in [3.63, 3.8) is 0 Å². The summed E-state index contributed by atoms with van der Waals surface area (Å²) < 4.78 is 16.9. The van der Waals surface area contributed by atoms with Crippen LogP contribution in [-0.4, -0.2) is 51.0 Å². The highest BCUT2D eigenvalue weighted by atomic mass is 35.5. The largest absolute Gasteiger partial charge is 0.354 e. The van der Waals surface area contributed by atoms with Crippen molar-refractivity contribution in [2.75, 3.05) is 31.1 Å². The molecule has 2 fully saturated rings. The van der Waals surface area contributed by atoms with Gasteiger partial charge in [0.05, 0.1) is 23.1 Å². The van der Waals surface area contributed by atoms with Crippen LogP contribution in [0.4, 0.5) is 10.2 Å². The molecule has 0 saturated carbocycles. The van der Waals surface area contributed by atoms with Crippen molar-refractivity contribution in [1.29, 1.82) is 0 Å². The summed E-state index contributed by atoms with van der Waals surface area (Å²) in [6.45, 7) is 7.97. The van der Waals surface area contributed by atoms with Gasteiger partial charge in [-0.3, -0.25) is 0 Å². The second-order valence-corrected chi connectivity index (χ2v) is 9.09. The molecule has 11 heteroatoms. The molecular formula is C23H27Cl3FN7. The molecule has 4 aromatic rings. The first-order valence-corrected chi connectivity index (χ1v) is 10.8. The Morgan fingerprint density at radius 2 is 1.82 bits per heavy atom. The molecule has 7 nitrogen and oxygen atoms in total. The van der Waals surface area contributed by atoms with Crippen molar-refractivity contribution < 1.29 is 4.39 Å². The highest BCUT2D eigenvalue weighted by molar-refractivity contribution is 5.86. The SMILES string of the molecule is Cc1cn2nc(-c3cc(F)c4cc(N5CC6(CCCNC6)C5)nnc4c3)cc(C)c2n1.Cl.Cl.Cl. The Balaban J connectivity index is 0.00000108. The normalized spacial score (nSPS) is 16.5. The fourth-order valence-electron chi connectivity index (χ4n) is 5.01. The predicted molar refractivity (Wildman–Crippen MR) is 139 cm³/mol. The topological polar surface area (TPSA) is 71.2 Å². The summed E-state index contributed by atoms with van der Waals surface area (Å²) in [6, 6.07) is 7.15. The third-order valence-corrected chi connectivity index (χ3v) is 6.60. The Labute approximate surface area is 215 Å². The number of fused-ring (bicyclic) bond motifs is 2. The fraction of sp³-hybridized carbons (Fsp3) is 0.391. The molecule has 0 aliphatic carbocycles. The van der Waals surface area contributed by atoms with Crippen molar-refractivity contribution in [1.82, 2.24) is 30.1 Å². The number of hydrogen-bond donors (Lipinski definition) is 1. The number of nitrogens with zero attached hydrogens (tertiary/aromatic N) is 6. The van der Waals surface area contributed by atoms with E-state index in [0.29, 0.717) is 27.6 Å². The van der Waals surface area contributed by atoms with E-state index in [4.69, 9.17) is 0 Å². The maximum Gasteiger partial charge on any atom is 0.156 e. The highest BCUT2D eigenvalue weighted by Gasteiger charge is 2.44. The van der Waals surface area contributed by atoms with E-state index in [0.717, 1.165) is 48.9 Å². The van der Waals surface area contributed by atoms with Gasteiger partial charge in [-0.1, -0.05) is 0 Å². The number of piperidine rings is 1. The van der Waals surface area contributed by atoms with Crippen LogP contribution in [0.5, 0.6) is 0 Å². The van der Waals surface area contributed by atoms with E-state index in [1.54, 1.807) is 4.52 Å². The lowest BCUT2D eigenvalue weighted by molar-refractivity contribution is 0.155. The second-order valence-electron chi connectivity index (χ2n) is 9.09. The van der Waals surface area contributed by atoms with Gasteiger partial charge in [-0.05, 0) is 63.1 Å². The average molecular weight is 527 g/mol. The summed E-state index contributed by atoms with van der Waals surface area (Å²) >= 11 is 0. The molecule has 0 atom stereocenters. The molecule has 3 aromatic heterocycles. The smallest absolute Gasteiger partial charge is 0.156 e. The minimum atomic E-state index is -0.306. The zero-order chi connectivity index (χ0) is 21.2. The Morgan fingerprint density at radius 1 is 1.03 bits per heavy atom. The fourth-order valence-corrected chi connectivity index (χ4v) is 5.01. The van der Waals surface area contributed by atoms with E-state index in [1.165, 1.54) is 18.9 Å². The van der Waals surface area contributed by atoms with Gasteiger partial charge >= 0.3 is 0 Å². The number of nitrogens with one attached hydrogen (secondary N) is 1. The Bertz CT molecular complexity index is 1330. The number of aryl methyl sites for hydroxylation is 2. The van der Waals surface area contributed by atoms with Crippen molar-refractivity contribution in [3.05, 3.63) is 47.5 Å². The number of hydrogen-bond acceptors (Lipinski definition) is 6.